The van der Waals surface area contributed by atoms with Crippen LogP contribution in [0.25, 0.3) is 10.2 Å². The maximum absolute atomic E-state index is 10.6. The van der Waals surface area contributed by atoms with Crippen LogP contribution >= 0.6 is 35.2 Å². The lowest BCUT2D eigenvalue weighted by atomic mass is 10.2. The zero-order chi connectivity index (χ0) is 17.8. The Labute approximate surface area is 156 Å². The van der Waals surface area contributed by atoms with E-state index < -0.39 is 4.92 Å². The van der Waals surface area contributed by atoms with Crippen molar-refractivity contribution in [2.75, 3.05) is 5.32 Å². The number of rotatable bonds is 4. The lowest BCUT2D eigenvalue weighted by molar-refractivity contribution is -0.384. The first-order valence-corrected chi connectivity index (χ1v) is 8.52. The minimum absolute atomic E-state index is 0.0261. The molecule has 0 radical (unpaired) electrons. The van der Waals surface area contributed by atoms with Crippen molar-refractivity contribution in [1.82, 2.24) is 10.4 Å². The number of aromatic nitrogens is 1. The quantitative estimate of drug-likeness (QED) is 0.300. The van der Waals surface area contributed by atoms with Crippen LogP contribution in [0.4, 0.5) is 10.8 Å². The Morgan fingerprint density at radius 2 is 2.08 bits per heavy atom. The number of nitro benzene ring substituents is 1. The first-order valence-electron chi connectivity index (χ1n) is 6.92. The van der Waals surface area contributed by atoms with Crippen molar-refractivity contribution in [3.63, 3.8) is 0 Å². The lowest BCUT2D eigenvalue weighted by Gasteiger charge is -2.02. The number of nitrogens with zero attached hydrogens (tertiary/aromatic N) is 3. The van der Waals surface area contributed by atoms with Crippen molar-refractivity contribution >= 4 is 67.5 Å². The monoisotopic (exact) mass is 391 g/mol. The van der Waals surface area contributed by atoms with Gasteiger partial charge in [-0.25, -0.2) is 4.98 Å². The number of thiocarbonyl (C=S) groups is 1. The molecule has 0 aliphatic carbocycles. The van der Waals surface area contributed by atoms with Gasteiger partial charge in [0.05, 0.1) is 21.4 Å². The highest BCUT2D eigenvalue weighted by atomic mass is 35.5. The molecule has 126 valence electrons. The summed E-state index contributed by atoms with van der Waals surface area (Å²) in [6.07, 6.45) is 1.51. The minimum atomic E-state index is -0.455. The van der Waals surface area contributed by atoms with Crippen molar-refractivity contribution in [3.8, 4) is 0 Å². The number of fused-ring (bicyclic) bond motifs is 1. The molecule has 0 saturated carbocycles. The molecule has 0 saturated heterocycles. The average Bonchev–Trinajstić information content (AvgIpc) is 2.96. The first kappa shape index (κ1) is 17.2. The predicted octanol–water partition coefficient (Wildman–Crippen LogP) is 4.18. The van der Waals surface area contributed by atoms with E-state index in [1.807, 2.05) is 12.1 Å². The van der Waals surface area contributed by atoms with Crippen LogP contribution in [0.1, 0.15) is 5.56 Å². The van der Waals surface area contributed by atoms with Crippen molar-refractivity contribution < 1.29 is 4.92 Å². The fraction of sp³-hybridized carbons (Fsp3) is 0. The van der Waals surface area contributed by atoms with Gasteiger partial charge in [-0.2, -0.15) is 5.10 Å². The number of thiazole rings is 1. The summed E-state index contributed by atoms with van der Waals surface area (Å²) < 4.78 is 0.951. The van der Waals surface area contributed by atoms with Gasteiger partial charge in [0.25, 0.3) is 5.69 Å². The summed E-state index contributed by atoms with van der Waals surface area (Å²) >= 11 is 12.5. The molecule has 3 aromatic rings. The van der Waals surface area contributed by atoms with Gasteiger partial charge in [0.2, 0.25) is 0 Å². The Kier molecular flexibility index (Phi) is 5.17. The predicted molar refractivity (Wildman–Crippen MR) is 105 cm³/mol. The Morgan fingerprint density at radius 1 is 1.32 bits per heavy atom. The van der Waals surface area contributed by atoms with Crippen molar-refractivity contribution in [2.45, 2.75) is 0 Å². The number of hydrogen-bond acceptors (Lipinski definition) is 6. The SMILES string of the molecule is O=[N+]([O-])c1ccc(/C=N/NC(=S)Nc2nc3ccc(Cl)cc3s2)cc1. The summed E-state index contributed by atoms with van der Waals surface area (Å²) in [6.45, 7) is 0. The average molecular weight is 392 g/mol. The zero-order valence-electron chi connectivity index (χ0n) is 12.5. The fourth-order valence-electron chi connectivity index (χ4n) is 1.92. The molecule has 1 aromatic heterocycles. The molecule has 25 heavy (non-hydrogen) atoms. The van der Waals surface area contributed by atoms with E-state index in [1.54, 1.807) is 18.2 Å². The van der Waals surface area contributed by atoms with E-state index in [4.69, 9.17) is 23.8 Å². The van der Waals surface area contributed by atoms with Crippen LogP contribution in [0.3, 0.4) is 0 Å². The number of hydrogen-bond donors (Lipinski definition) is 2. The second kappa shape index (κ2) is 7.51. The van der Waals surface area contributed by atoms with Gasteiger partial charge in [-0.3, -0.25) is 15.5 Å². The molecule has 7 nitrogen and oxygen atoms in total. The van der Waals surface area contributed by atoms with Gasteiger partial charge in [-0.1, -0.05) is 22.9 Å². The van der Waals surface area contributed by atoms with Gasteiger partial charge in [-0.05, 0) is 48.1 Å². The topological polar surface area (TPSA) is 92.5 Å². The van der Waals surface area contributed by atoms with Gasteiger partial charge in [0, 0.05) is 17.2 Å². The molecule has 2 N–H and O–H groups in total. The number of anilines is 1. The molecular formula is C15H10ClN5O2S2. The van der Waals surface area contributed by atoms with E-state index in [2.05, 4.69) is 20.8 Å². The van der Waals surface area contributed by atoms with Crippen molar-refractivity contribution in [1.29, 1.82) is 0 Å². The Hall–Kier alpha value is -2.62. The highest BCUT2D eigenvalue weighted by Gasteiger charge is 2.06. The van der Waals surface area contributed by atoms with E-state index in [1.165, 1.54) is 29.7 Å². The molecule has 0 unspecified atom stereocenters. The molecule has 3 rings (SSSR count). The van der Waals surface area contributed by atoms with E-state index in [9.17, 15) is 10.1 Å². The van der Waals surface area contributed by atoms with Crippen LogP contribution in [-0.2, 0) is 0 Å². The molecule has 2 aromatic carbocycles. The standard InChI is InChI=1S/C15H10ClN5O2S2/c16-10-3-6-12-13(7-10)25-15(18-12)19-14(24)20-17-8-9-1-4-11(5-2-9)21(22)23/h1-8H,(H2,18,19,20,24)/b17-8+. The number of halogens is 1. The molecule has 0 amide bonds. The molecule has 0 aliphatic rings. The molecule has 0 atom stereocenters. The summed E-state index contributed by atoms with van der Waals surface area (Å²) in [6, 6.07) is 11.5. The summed E-state index contributed by atoms with van der Waals surface area (Å²) in [4.78, 5) is 14.5. The van der Waals surface area contributed by atoms with Crippen LogP contribution in [0, 0.1) is 10.1 Å². The molecule has 10 heteroatoms. The van der Waals surface area contributed by atoms with Gasteiger partial charge in [-0.15, -0.1) is 0 Å². The molecule has 0 spiro atoms. The van der Waals surface area contributed by atoms with Crippen LogP contribution in [0.15, 0.2) is 47.6 Å². The Bertz CT molecular complexity index is 972. The number of benzene rings is 2. The highest BCUT2D eigenvalue weighted by Crippen LogP contribution is 2.28. The lowest BCUT2D eigenvalue weighted by Crippen LogP contribution is -2.23. The minimum Gasteiger partial charge on any atom is -0.307 e. The molecule has 0 bridgehead atoms. The summed E-state index contributed by atoms with van der Waals surface area (Å²) in [7, 11) is 0. The normalized spacial score (nSPS) is 10.9. The second-order valence-corrected chi connectivity index (χ2v) is 6.68. The number of hydrazone groups is 1. The van der Waals surface area contributed by atoms with E-state index in [0.29, 0.717) is 15.7 Å². The highest BCUT2D eigenvalue weighted by molar-refractivity contribution is 7.80. The molecule has 1 heterocycles. The summed E-state index contributed by atoms with van der Waals surface area (Å²) in [5, 5.41) is 19.1. The van der Waals surface area contributed by atoms with Crippen LogP contribution in [0.5, 0.6) is 0 Å². The van der Waals surface area contributed by atoms with E-state index in [-0.39, 0.29) is 10.8 Å². The van der Waals surface area contributed by atoms with E-state index in [0.717, 1.165) is 10.2 Å². The molecule has 0 fully saturated rings. The number of nitro groups is 1. The maximum atomic E-state index is 10.6. The smallest absolute Gasteiger partial charge is 0.269 e. The maximum Gasteiger partial charge on any atom is 0.269 e. The van der Waals surface area contributed by atoms with Gasteiger partial charge in [0.15, 0.2) is 10.2 Å². The Balaban J connectivity index is 1.59. The van der Waals surface area contributed by atoms with Crippen molar-refractivity contribution in [3.05, 3.63) is 63.2 Å². The van der Waals surface area contributed by atoms with Gasteiger partial charge in [0.1, 0.15) is 0 Å². The van der Waals surface area contributed by atoms with Crippen molar-refractivity contribution in [2.24, 2.45) is 5.10 Å². The number of nitrogens with one attached hydrogen (secondary N) is 2. The second-order valence-electron chi connectivity index (χ2n) is 4.80. The number of non-ortho nitro benzene ring substituents is 1. The molecule has 0 aliphatic heterocycles. The molecular weight excluding hydrogens is 382 g/mol. The first-order chi connectivity index (χ1) is 12.0. The Morgan fingerprint density at radius 3 is 2.80 bits per heavy atom. The van der Waals surface area contributed by atoms with Gasteiger partial charge < -0.3 is 5.32 Å². The third kappa shape index (κ3) is 4.47. The fourth-order valence-corrected chi connectivity index (χ4v) is 3.28. The third-order valence-electron chi connectivity index (χ3n) is 3.05. The largest absolute Gasteiger partial charge is 0.307 e. The van der Waals surface area contributed by atoms with E-state index >= 15 is 0 Å². The van der Waals surface area contributed by atoms with Crippen LogP contribution in [0.2, 0.25) is 5.02 Å². The van der Waals surface area contributed by atoms with Crippen LogP contribution in [-0.4, -0.2) is 21.2 Å². The summed E-state index contributed by atoms with van der Waals surface area (Å²) in [5.74, 6) is 0. The third-order valence-corrected chi connectivity index (χ3v) is 4.42. The zero-order valence-corrected chi connectivity index (χ0v) is 14.9. The summed E-state index contributed by atoms with van der Waals surface area (Å²) in [5.41, 5.74) is 4.23. The van der Waals surface area contributed by atoms with Crippen LogP contribution < -0.4 is 10.7 Å². The van der Waals surface area contributed by atoms with Gasteiger partial charge >= 0.3 is 0 Å².